The second kappa shape index (κ2) is 13.0. The second-order valence-corrected chi connectivity index (χ2v) is 9.36. The number of hydrogen-bond donors (Lipinski definition) is 3. The number of allylic oxidation sites excluding steroid dienone is 1. The molecule has 0 aromatic heterocycles. The summed E-state index contributed by atoms with van der Waals surface area (Å²) >= 11 is 0. The Balaban J connectivity index is 2.06. The molecule has 0 radical (unpaired) electrons. The van der Waals surface area contributed by atoms with Crippen molar-refractivity contribution in [2.45, 2.75) is 39.5 Å². The molecule has 2 rings (SSSR count). The Kier molecular flexibility index (Phi) is 10.4. The van der Waals surface area contributed by atoms with Crippen molar-refractivity contribution in [3.63, 3.8) is 0 Å². The number of nitrogens with zero attached hydrogens (tertiary/aromatic N) is 1. The molecular formula is C26H37N3O4. The van der Waals surface area contributed by atoms with E-state index in [0.717, 1.165) is 29.5 Å². The first kappa shape index (κ1) is 26.4. The minimum absolute atomic E-state index is 0.0710. The predicted molar refractivity (Wildman–Crippen MR) is 131 cm³/mol. The molecule has 7 nitrogen and oxygen atoms in total. The van der Waals surface area contributed by atoms with Gasteiger partial charge in [-0.05, 0) is 50.2 Å². The van der Waals surface area contributed by atoms with E-state index >= 15 is 0 Å². The maximum absolute atomic E-state index is 13.0. The molecule has 0 spiro atoms. The van der Waals surface area contributed by atoms with Gasteiger partial charge in [0.15, 0.2) is 0 Å². The van der Waals surface area contributed by atoms with Crippen LogP contribution in [0.5, 0.6) is 5.75 Å². The molecule has 2 amide bonds. The third kappa shape index (κ3) is 9.24. The molecule has 0 atom stereocenters. The lowest BCUT2D eigenvalue weighted by molar-refractivity contribution is -0.129. The number of unbranched alkanes of at least 4 members (excludes halogenated alkanes) is 2. The summed E-state index contributed by atoms with van der Waals surface area (Å²) < 4.78 is 6.08. The van der Waals surface area contributed by atoms with E-state index in [-0.39, 0.29) is 24.3 Å². The van der Waals surface area contributed by atoms with Crippen molar-refractivity contribution in [1.82, 2.24) is 15.7 Å². The monoisotopic (exact) mass is 455 g/mol. The van der Waals surface area contributed by atoms with Gasteiger partial charge in [0.05, 0.1) is 5.57 Å². The number of fused-ring (bicyclic) bond motifs is 1. The third-order valence-electron chi connectivity index (χ3n) is 5.27. The van der Waals surface area contributed by atoms with Crippen molar-refractivity contribution in [2.75, 3.05) is 33.8 Å². The highest BCUT2D eigenvalue weighted by atomic mass is 16.5. The zero-order valence-corrected chi connectivity index (χ0v) is 20.2. The van der Waals surface area contributed by atoms with Gasteiger partial charge in [0.2, 0.25) is 11.8 Å². The Morgan fingerprint density at radius 2 is 1.82 bits per heavy atom. The average molecular weight is 456 g/mol. The van der Waals surface area contributed by atoms with Gasteiger partial charge in [-0.2, -0.15) is 0 Å². The van der Waals surface area contributed by atoms with Gasteiger partial charge in [-0.15, -0.1) is 0 Å². The largest absolute Gasteiger partial charge is 0.488 e. The van der Waals surface area contributed by atoms with Crippen LogP contribution < -0.4 is 15.5 Å². The lowest BCUT2D eigenvalue weighted by Gasteiger charge is -2.28. The number of rotatable bonds is 13. The van der Waals surface area contributed by atoms with Crippen LogP contribution in [0.4, 0.5) is 0 Å². The molecule has 0 saturated carbocycles. The summed E-state index contributed by atoms with van der Waals surface area (Å²) in [4.78, 5) is 26.3. The molecule has 2 aromatic carbocycles. The molecule has 0 aliphatic carbocycles. The van der Waals surface area contributed by atoms with Crippen LogP contribution in [0.1, 0.15) is 39.5 Å². The smallest absolute Gasteiger partial charge is 0.250 e. The van der Waals surface area contributed by atoms with Crippen molar-refractivity contribution in [3.05, 3.63) is 54.1 Å². The van der Waals surface area contributed by atoms with Crippen LogP contribution in [0.25, 0.3) is 10.8 Å². The average Bonchev–Trinajstić information content (AvgIpc) is 2.78. The number of carbonyl (C=O) groups is 2. The SMILES string of the molecule is CN(C)CC(C)(C)CNC(=O)C(=CCCCCC(=O)NO)COc1cccc2ccccc12. The van der Waals surface area contributed by atoms with E-state index in [1.165, 1.54) is 0 Å². The van der Waals surface area contributed by atoms with Gasteiger partial charge >= 0.3 is 0 Å². The Labute approximate surface area is 196 Å². The Morgan fingerprint density at radius 3 is 2.55 bits per heavy atom. The molecule has 0 aliphatic heterocycles. The van der Waals surface area contributed by atoms with Crippen LogP contribution >= 0.6 is 0 Å². The van der Waals surface area contributed by atoms with Crippen LogP contribution in [-0.4, -0.2) is 55.7 Å². The highest BCUT2D eigenvalue weighted by Gasteiger charge is 2.21. The first-order valence-electron chi connectivity index (χ1n) is 11.4. The van der Waals surface area contributed by atoms with E-state index < -0.39 is 5.91 Å². The molecule has 0 saturated heterocycles. The summed E-state index contributed by atoms with van der Waals surface area (Å²) in [6.07, 6.45) is 4.12. The zero-order chi connectivity index (χ0) is 24.3. The first-order valence-corrected chi connectivity index (χ1v) is 11.4. The Hall–Kier alpha value is -2.90. The summed E-state index contributed by atoms with van der Waals surface area (Å²) in [5, 5.41) is 13.7. The van der Waals surface area contributed by atoms with Crippen LogP contribution in [0.3, 0.4) is 0 Å². The fraction of sp³-hybridized carbons (Fsp3) is 0.462. The number of amides is 2. The number of hydroxylamine groups is 1. The summed E-state index contributed by atoms with van der Waals surface area (Å²) in [5.74, 6) is 0.189. The molecule has 0 unspecified atom stereocenters. The summed E-state index contributed by atoms with van der Waals surface area (Å²) in [6.45, 7) is 5.80. The molecule has 7 heteroatoms. The van der Waals surface area contributed by atoms with Gasteiger partial charge in [0.25, 0.3) is 0 Å². The molecule has 0 aliphatic rings. The molecule has 0 fully saturated rings. The second-order valence-electron chi connectivity index (χ2n) is 9.36. The summed E-state index contributed by atoms with van der Waals surface area (Å²) in [7, 11) is 4.04. The number of ether oxygens (including phenoxy) is 1. The minimum atomic E-state index is -0.403. The highest BCUT2D eigenvalue weighted by Crippen LogP contribution is 2.25. The van der Waals surface area contributed by atoms with Crippen LogP contribution in [-0.2, 0) is 9.59 Å². The molecule has 33 heavy (non-hydrogen) atoms. The molecule has 2 aromatic rings. The lowest BCUT2D eigenvalue weighted by atomic mass is 9.93. The van der Waals surface area contributed by atoms with Gasteiger partial charge in [0.1, 0.15) is 12.4 Å². The topological polar surface area (TPSA) is 90.9 Å². The highest BCUT2D eigenvalue weighted by molar-refractivity contribution is 5.94. The standard InChI is InChI=1S/C26H37N3O4/c1-26(2,19-29(3)4)18-27-25(31)21(12-6-5-7-16-24(30)28-32)17-33-23-15-10-13-20-11-8-9-14-22(20)23/h8-15,32H,5-7,16-19H2,1-4H3,(H,27,31)(H,28,30). The fourth-order valence-electron chi connectivity index (χ4n) is 3.80. The van der Waals surface area contributed by atoms with Gasteiger partial charge in [-0.3, -0.25) is 14.8 Å². The molecule has 0 heterocycles. The van der Waals surface area contributed by atoms with Crippen molar-refractivity contribution < 1.29 is 19.5 Å². The maximum atomic E-state index is 13.0. The lowest BCUT2D eigenvalue weighted by Crippen LogP contribution is -2.40. The Morgan fingerprint density at radius 1 is 1.09 bits per heavy atom. The van der Waals surface area contributed by atoms with Crippen LogP contribution in [0.15, 0.2) is 54.1 Å². The van der Waals surface area contributed by atoms with Gasteiger partial charge in [-0.1, -0.05) is 56.3 Å². The number of benzene rings is 2. The van der Waals surface area contributed by atoms with E-state index in [0.29, 0.717) is 25.0 Å². The van der Waals surface area contributed by atoms with Crippen LogP contribution in [0, 0.1) is 5.41 Å². The van der Waals surface area contributed by atoms with E-state index in [9.17, 15) is 9.59 Å². The van der Waals surface area contributed by atoms with E-state index in [1.807, 2.05) is 62.6 Å². The molecular weight excluding hydrogens is 418 g/mol. The Bertz CT molecular complexity index is 948. The normalized spacial score (nSPS) is 12.1. The number of hydrogen-bond acceptors (Lipinski definition) is 5. The zero-order valence-electron chi connectivity index (χ0n) is 20.2. The maximum Gasteiger partial charge on any atom is 0.250 e. The van der Waals surface area contributed by atoms with E-state index in [1.54, 1.807) is 5.48 Å². The van der Waals surface area contributed by atoms with Gasteiger partial charge < -0.3 is 15.0 Å². The summed E-state index contributed by atoms with van der Waals surface area (Å²) in [6, 6.07) is 13.9. The summed E-state index contributed by atoms with van der Waals surface area (Å²) in [5.41, 5.74) is 2.13. The van der Waals surface area contributed by atoms with Gasteiger partial charge in [-0.25, -0.2) is 5.48 Å². The number of nitrogens with one attached hydrogen (secondary N) is 2. The first-order chi connectivity index (χ1) is 15.7. The third-order valence-corrected chi connectivity index (χ3v) is 5.27. The number of carbonyl (C=O) groups excluding carboxylic acids is 2. The molecule has 0 bridgehead atoms. The van der Waals surface area contributed by atoms with Crippen molar-refractivity contribution in [1.29, 1.82) is 0 Å². The van der Waals surface area contributed by atoms with E-state index in [4.69, 9.17) is 9.94 Å². The van der Waals surface area contributed by atoms with Crippen molar-refractivity contribution >= 4 is 22.6 Å². The van der Waals surface area contributed by atoms with Gasteiger partial charge in [0, 0.05) is 24.9 Å². The van der Waals surface area contributed by atoms with E-state index in [2.05, 4.69) is 24.1 Å². The minimum Gasteiger partial charge on any atom is -0.488 e. The molecule has 180 valence electrons. The predicted octanol–water partition coefficient (Wildman–Crippen LogP) is 3.91. The van der Waals surface area contributed by atoms with Crippen LogP contribution in [0.2, 0.25) is 0 Å². The van der Waals surface area contributed by atoms with Crippen molar-refractivity contribution in [3.8, 4) is 5.75 Å². The quantitative estimate of drug-likeness (QED) is 0.184. The van der Waals surface area contributed by atoms with Crippen molar-refractivity contribution in [2.24, 2.45) is 5.41 Å². The fourth-order valence-corrected chi connectivity index (χ4v) is 3.80. The molecule has 3 N–H and O–H groups in total.